The summed E-state index contributed by atoms with van der Waals surface area (Å²) < 4.78 is 10.2. The maximum Gasteiger partial charge on any atom is 0.250 e. The van der Waals surface area contributed by atoms with Gasteiger partial charge in [-0.1, -0.05) is 0 Å². The minimum atomic E-state index is 0.463. The van der Waals surface area contributed by atoms with Crippen LogP contribution in [0.5, 0.6) is 0 Å². The lowest BCUT2D eigenvalue weighted by Gasteiger charge is -1.85. The van der Waals surface area contributed by atoms with Gasteiger partial charge in [-0.3, -0.25) is 0 Å². The number of alkyl halides is 1. The van der Waals surface area contributed by atoms with Crippen LogP contribution in [-0.4, -0.2) is 16.1 Å². The molecule has 0 spiro atoms. The highest BCUT2D eigenvalue weighted by atomic mass is 35.5. The molecule has 2 aromatic rings. The summed E-state index contributed by atoms with van der Waals surface area (Å²) in [5.74, 6) is 1.82. The molecular weight excluding hydrogens is 192 g/mol. The molecule has 5 heteroatoms. The number of hydrogen-bond acceptors (Lipinski definition) is 4. The molecule has 13 heavy (non-hydrogen) atoms. The third-order valence-electron chi connectivity index (χ3n) is 1.60. The van der Waals surface area contributed by atoms with Gasteiger partial charge in [0.2, 0.25) is 6.39 Å². The van der Waals surface area contributed by atoms with Gasteiger partial charge in [-0.15, -0.1) is 21.8 Å². The first-order chi connectivity index (χ1) is 6.40. The Bertz CT molecular complexity index is 369. The molecule has 2 aromatic heterocycles. The first-order valence-corrected chi connectivity index (χ1v) is 4.33. The first kappa shape index (κ1) is 8.31. The summed E-state index contributed by atoms with van der Waals surface area (Å²) in [6.45, 7) is 0. The molecule has 0 radical (unpaired) electrons. The highest BCUT2D eigenvalue weighted by Gasteiger charge is 2.07. The Labute approximate surface area is 79.5 Å². The topological polar surface area (TPSA) is 52.1 Å². The van der Waals surface area contributed by atoms with Crippen molar-refractivity contribution in [2.24, 2.45) is 0 Å². The summed E-state index contributed by atoms with van der Waals surface area (Å²) in [6, 6.07) is 1.84. The van der Waals surface area contributed by atoms with Crippen molar-refractivity contribution in [1.82, 2.24) is 10.2 Å². The summed E-state index contributed by atoms with van der Waals surface area (Å²) >= 11 is 5.56. The van der Waals surface area contributed by atoms with Crippen LogP contribution in [0.2, 0.25) is 0 Å². The number of halogens is 1. The highest BCUT2D eigenvalue weighted by Crippen LogP contribution is 2.19. The maximum atomic E-state index is 5.56. The van der Waals surface area contributed by atoms with Crippen LogP contribution < -0.4 is 0 Å². The molecule has 2 rings (SSSR count). The standard InChI is InChI=1S/C8H7ClN2O2/c9-2-1-7-3-6(4-12-7)8-11-10-5-13-8/h3-5H,1-2H2. The Balaban J connectivity index is 2.23. The van der Waals surface area contributed by atoms with Crippen LogP contribution in [0.25, 0.3) is 11.5 Å². The predicted octanol–water partition coefficient (Wildman–Crippen LogP) is 2.11. The van der Waals surface area contributed by atoms with E-state index in [1.807, 2.05) is 6.07 Å². The van der Waals surface area contributed by atoms with Crippen molar-refractivity contribution in [2.45, 2.75) is 6.42 Å². The van der Waals surface area contributed by atoms with Gasteiger partial charge in [0.05, 0.1) is 5.56 Å². The van der Waals surface area contributed by atoms with Crippen LogP contribution in [0.4, 0.5) is 0 Å². The molecule has 4 nitrogen and oxygen atoms in total. The van der Waals surface area contributed by atoms with Gasteiger partial charge in [0.1, 0.15) is 12.0 Å². The molecule has 0 fully saturated rings. The summed E-state index contributed by atoms with van der Waals surface area (Å²) in [6.07, 6.45) is 3.56. The zero-order valence-corrected chi connectivity index (χ0v) is 7.49. The van der Waals surface area contributed by atoms with Crippen LogP contribution in [0, 0.1) is 0 Å². The molecule has 0 unspecified atom stereocenters. The fraction of sp³-hybridized carbons (Fsp3) is 0.250. The fourth-order valence-corrected chi connectivity index (χ4v) is 1.20. The van der Waals surface area contributed by atoms with Crippen molar-refractivity contribution in [2.75, 3.05) is 5.88 Å². The second-order valence-corrected chi connectivity index (χ2v) is 2.86. The molecular formula is C8H7ClN2O2. The molecule has 0 N–H and O–H groups in total. The summed E-state index contributed by atoms with van der Waals surface area (Å²) in [5, 5.41) is 7.32. The Morgan fingerprint density at radius 1 is 1.38 bits per heavy atom. The number of aryl methyl sites for hydroxylation is 1. The van der Waals surface area contributed by atoms with Crippen molar-refractivity contribution >= 4 is 11.6 Å². The third kappa shape index (κ3) is 1.72. The van der Waals surface area contributed by atoms with E-state index < -0.39 is 0 Å². The lowest BCUT2D eigenvalue weighted by atomic mass is 10.3. The molecule has 0 saturated heterocycles. The highest BCUT2D eigenvalue weighted by molar-refractivity contribution is 6.17. The third-order valence-corrected chi connectivity index (χ3v) is 1.79. The van der Waals surface area contributed by atoms with E-state index >= 15 is 0 Å². The fourth-order valence-electron chi connectivity index (χ4n) is 1.02. The minimum absolute atomic E-state index is 0.463. The summed E-state index contributed by atoms with van der Waals surface area (Å²) in [5.41, 5.74) is 0.789. The zero-order chi connectivity index (χ0) is 9.10. The van der Waals surface area contributed by atoms with Crippen LogP contribution >= 0.6 is 11.6 Å². The van der Waals surface area contributed by atoms with E-state index in [9.17, 15) is 0 Å². The SMILES string of the molecule is ClCCc1cc(-c2nnco2)co1. The molecule has 0 bridgehead atoms. The number of furan rings is 1. The van der Waals surface area contributed by atoms with E-state index in [-0.39, 0.29) is 0 Å². The largest absolute Gasteiger partial charge is 0.468 e. The van der Waals surface area contributed by atoms with Gasteiger partial charge in [0.25, 0.3) is 5.89 Å². The van der Waals surface area contributed by atoms with Gasteiger partial charge >= 0.3 is 0 Å². The molecule has 0 aliphatic heterocycles. The zero-order valence-electron chi connectivity index (χ0n) is 6.74. The normalized spacial score (nSPS) is 10.5. The van der Waals surface area contributed by atoms with Gasteiger partial charge in [-0.05, 0) is 6.07 Å². The number of nitrogens with zero attached hydrogens (tertiary/aromatic N) is 2. The maximum absolute atomic E-state index is 5.56. The predicted molar refractivity (Wildman–Crippen MR) is 46.4 cm³/mol. The Hall–Kier alpha value is -1.29. The second kappa shape index (κ2) is 3.62. The van der Waals surface area contributed by atoms with Gasteiger partial charge in [0, 0.05) is 12.3 Å². The lowest BCUT2D eigenvalue weighted by molar-refractivity contribution is 0.515. The molecule has 0 aliphatic carbocycles. The molecule has 2 heterocycles. The van der Waals surface area contributed by atoms with Gasteiger partial charge in [-0.2, -0.15) is 0 Å². The van der Waals surface area contributed by atoms with E-state index in [2.05, 4.69) is 10.2 Å². The van der Waals surface area contributed by atoms with Gasteiger partial charge in [0.15, 0.2) is 0 Å². The van der Waals surface area contributed by atoms with Crippen molar-refractivity contribution in [1.29, 1.82) is 0 Å². The quantitative estimate of drug-likeness (QED) is 0.709. The van der Waals surface area contributed by atoms with E-state index in [0.29, 0.717) is 18.2 Å². The van der Waals surface area contributed by atoms with Crippen molar-refractivity contribution in [3.8, 4) is 11.5 Å². The summed E-state index contributed by atoms with van der Waals surface area (Å²) in [4.78, 5) is 0. The Morgan fingerprint density at radius 3 is 3.00 bits per heavy atom. The van der Waals surface area contributed by atoms with E-state index in [1.54, 1.807) is 6.26 Å². The van der Waals surface area contributed by atoms with Crippen molar-refractivity contribution in [3.05, 3.63) is 24.5 Å². The van der Waals surface area contributed by atoms with Gasteiger partial charge < -0.3 is 8.83 Å². The van der Waals surface area contributed by atoms with Crippen LogP contribution in [0.1, 0.15) is 5.76 Å². The van der Waals surface area contributed by atoms with Crippen LogP contribution in [0.3, 0.4) is 0 Å². The van der Waals surface area contributed by atoms with E-state index in [4.69, 9.17) is 20.4 Å². The number of aromatic nitrogens is 2. The lowest BCUT2D eigenvalue weighted by Crippen LogP contribution is -1.80. The van der Waals surface area contributed by atoms with Crippen molar-refractivity contribution in [3.63, 3.8) is 0 Å². The monoisotopic (exact) mass is 198 g/mol. The molecule has 0 amide bonds. The Kier molecular flexibility index (Phi) is 2.31. The average molecular weight is 199 g/mol. The molecule has 0 aromatic carbocycles. The van der Waals surface area contributed by atoms with Crippen molar-refractivity contribution < 1.29 is 8.83 Å². The molecule has 0 atom stereocenters. The van der Waals surface area contributed by atoms with Crippen LogP contribution in [0.15, 0.2) is 27.6 Å². The molecule has 68 valence electrons. The van der Waals surface area contributed by atoms with E-state index in [1.165, 1.54) is 6.39 Å². The minimum Gasteiger partial charge on any atom is -0.468 e. The Morgan fingerprint density at radius 2 is 2.31 bits per heavy atom. The van der Waals surface area contributed by atoms with Crippen LogP contribution in [-0.2, 0) is 6.42 Å². The number of rotatable bonds is 3. The molecule has 0 saturated carbocycles. The molecule has 0 aliphatic rings. The second-order valence-electron chi connectivity index (χ2n) is 2.48. The first-order valence-electron chi connectivity index (χ1n) is 3.80. The van der Waals surface area contributed by atoms with Gasteiger partial charge in [-0.25, -0.2) is 0 Å². The average Bonchev–Trinajstić information content (AvgIpc) is 2.70. The van der Waals surface area contributed by atoms with E-state index in [0.717, 1.165) is 11.3 Å². The smallest absolute Gasteiger partial charge is 0.250 e. The number of hydrogen-bond donors (Lipinski definition) is 0. The summed E-state index contributed by atoms with van der Waals surface area (Å²) in [7, 11) is 0.